The van der Waals surface area contributed by atoms with Gasteiger partial charge in [0.05, 0.1) is 21.9 Å². The van der Waals surface area contributed by atoms with Gasteiger partial charge in [0.2, 0.25) is 0 Å². The number of ketones is 1. The summed E-state index contributed by atoms with van der Waals surface area (Å²) in [5, 5.41) is 5.74. The lowest BCUT2D eigenvalue weighted by atomic mass is 10.0. The number of carbonyl (C=O) groups excluding carboxylic acids is 2. The van der Waals surface area contributed by atoms with E-state index in [0.717, 1.165) is 23.0 Å². The molecule has 0 bridgehead atoms. The Morgan fingerprint density at radius 3 is 2.78 bits per heavy atom. The Morgan fingerprint density at radius 2 is 2.09 bits per heavy atom. The topological polar surface area (TPSA) is 84.0 Å². The summed E-state index contributed by atoms with van der Waals surface area (Å²) in [6, 6.07) is 1.17. The predicted molar refractivity (Wildman–Crippen MR) is 95.2 cm³/mol. The Bertz CT molecular complexity index is 690. The van der Waals surface area contributed by atoms with Gasteiger partial charge in [-0.25, -0.2) is 9.78 Å². The van der Waals surface area contributed by atoms with E-state index in [2.05, 4.69) is 43.5 Å². The standard InChI is InChI=1S/C15H17BrN4O2S/c1-2-3-4-5-12(21)10-6-7-17-8-11(10)19-14(22)20-15-18-9-13(16)23-15/h6-9H,2-5H2,1H3,(H2,18,19,20,22). The largest absolute Gasteiger partial charge is 0.325 e. The van der Waals surface area contributed by atoms with Crippen LogP contribution in [0.1, 0.15) is 43.0 Å². The molecule has 122 valence electrons. The third-order valence-electron chi connectivity index (χ3n) is 3.08. The van der Waals surface area contributed by atoms with Gasteiger partial charge in [0.1, 0.15) is 0 Å². The molecule has 2 heterocycles. The third-order valence-corrected chi connectivity index (χ3v) is 4.47. The van der Waals surface area contributed by atoms with E-state index in [1.54, 1.807) is 18.5 Å². The molecule has 0 aliphatic heterocycles. The van der Waals surface area contributed by atoms with Crippen molar-refractivity contribution in [3.05, 3.63) is 34.0 Å². The molecule has 2 rings (SSSR count). The van der Waals surface area contributed by atoms with E-state index >= 15 is 0 Å². The van der Waals surface area contributed by atoms with Crippen molar-refractivity contribution in [1.82, 2.24) is 9.97 Å². The highest BCUT2D eigenvalue weighted by Gasteiger charge is 2.14. The number of Topliss-reactive ketones (excluding diaryl/α,β-unsaturated/α-hetero) is 1. The van der Waals surface area contributed by atoms with E-state index in [4.69, 9.17) is 0 Å². The van der Waals surface area contributed by atoms with E-state index in [9.17, 15) is 9.59 Å². The minimum absolute atomic E-state index is 0.00754. The number of nitrogens with one attached hydrogen (secondary N) is 2. The molecule has 0 spiro atoms. The highest BCUT2D eigenvalue weighted by molar-refractivity contribution is 9.11. The SMILES string of the molecule is CCCCCC(=O)c1ccncc1NC(=O)Nc1ncc(Br)s1. The monoisotopic (exact) mass is 396 g/mol. The number of thiazole rings is 1. The van der Waals surface area contributed by atoms with Crippen LogP contribution in [0.3, 0.4) is 0 Å². The molecule has 0 atom stereocenters. The van der Waals surface area contributed by atoms with Gasteiger partial charge >= 0.3 is 6.03 Å². The van der Waals surface area contributed by atoms with Crippen LogP contribution in [0.5, 0.6) is 0 Å². The zero-order valence-corrected chi connectivity index (χ0v) is 15.0. The second-order valence-electron chi connectivity index (χ2n) is 4.85. The van der Waals surface area contributed by atoms with Gasteiger partial charge in [0, 0.05) is 18.2 Å². The normalized spacial score (nSPS) is 10.3. The van der Waals surface area contributed by atoms with E-state index in [-0.39, 0.29) is 5.78 Å². The smallest absolute Gasteiger partial charge is 0.305 e. The summed E-state index contributed by atoms with van der Waals surface area (Å²) in [6.07, 6.45) is 8.01. The fourth-order valence-electron chi connectivity index (χ4n) is 1.97. The summed E-state index contributed by atoms with van der Waals surface area (Å²) in [5.41, 5.74) is 0.883. The molecule has 0 fully saturated rings. The van der Waals surface area contributed by atoms with Crippen molar-refractivity contribution >= 4 is 49.9 Å². The number of amides is 2. The Morgan fingerprint density at radius 1 is 1.26 bits per heavy atom. The third kappa shape index (κ3) is 5.40. The molecule has 2 aromatic heterocycles. The maximum Gasteiger partial charge on any atom is 0.325 e. The molecule has 2 N–H and O–H groups in total. The van der Waals surface area contributed by atoms with Crippen molar-refractivity contribution in [2.75, 3.05) is 10.6 Å². The molecule has 0 aliphatic rings. The first-order chi connectivity index (χ1) is 11.1. The predicted octanol–water partition coefficient (Wildman–Crippen LogP) is 4.71. The minimum Gasteiger partial charge on any atom is -0.305 e. The summed E-state index contributed by atoms with van der Waals surface area (Å²) in [7, 11) is 0. The van der Waals surface area contributed by atoms with Crippen molar-refractivity contribution in [2.45, 2.75) is 32.6 Å². The van der Waals surface area contributed by atoms with Crippen molar-refractivity contribution in [3.63, 3.8) is 0 Å². The van der Waals surface area contributed by atoms with Crippen LogP contribution in [0.2, 0.25) is 0 Å². The number of hydrogen-bond donors (Lipinski definition) is 2. The van der Waals surface area contributed by atoms with Crippen molar-refractivity contribution in [3.8, 4) is 0 Å². The van der Waals surface area contributed by atoms with Crippen LogP contribution in [-0.2, 0) is 0 Å². The Labute approximate surface area is 146 Å². The number of hydrogen-bond acceptors (Lipinski definition) is 5. The molecule has 6 nitrogen and oxygen atoms in total. The quantitative estimate of drug-likeness (QED) is 0.524. The molecule has 0 saturated carbocycles. The number of anilines is 2. The molecule has 0 unspecified atom stereocenters. The molecule has 0 aromatic carbocycles. The summed E-state index contributed by atoms with van der Waals surface area (Å²) in [5.74, 6) is 0.00754. The van der Waals surface area contributed by atoms with E-state index in [0.29, 0.717) is 22.8 Å². The van der Waals surface area contributed by atoms with E-state index < -0.39 is 6.03 Å². The summed E-state index contributed by atoms with van der Waals surface area (Å²) in [6.45, 7) is 2.09. The van der Waals surface area contributed by atoms with Crippen molar-refractivity contribution in [2.24, 2.45) is 0 Å². The fourth-order valence-corrected chi connectivity index (χ4v) is 3.07. The number of carbonyl (C=O) groups is 2. The lowest BCUT2D eigenvalue weighted by molar-refractivity contribution is 0.0980. The number of aromatic nitrogens is 2. The van der Waals surface area contributed by atoms with Crippen LogP contribution in [0.4, 0.5) is 15.6 Å². The summed E-state index contributed by atoms with van der Waals surface area (Å²) in [4.78, 5) is 32.3. The van der Waals surface area contributed by atoms with Crippen LogP contribution < -0.4 is 10.6 Å². The summed E-state index contributed by atoms with van der Waals surface area (Å²) >= 11 is 4.58. The van der Waals surface area contributed by atoms with Gasteiger partial charge in [0.25, 0.3) is 0 Å². The summed E-state index contributed by atoms with van der Waals surface area (Å²) < 4.78 is 0.820. The van der Waals surface area contributed by atoms with Gasteiger partial charge in [-0.2, -0.15) is 0 Å². The number of pyridine rings is 1. The Kier molecular flexibility index (Phi) is 6.66. The molecule has 2 amide bonds. The Balaban J connectivity index is 2.01. The average Bonchev–Trinajstić information content (AvgIpc) is 2.92. The van der Waals surface area contributed by atoms with Crippen LogP contribution >= 0.6 is 27.3 Å². The lowest BCUT2D eigenvalue weighted by Crippen LogP contribution is -2.21. The zero-order chi connectivity index (χ0) is 16.7. The molecular formula is C15H17BrN4O2S. The van der Waals surface area contributed by atoms with E-state index in [1.807, 2.05) is 0 Å². The van der Waals surface area contributed by atoms with E-state index in [1.165, 1.54) is 17.5 Å². The second kappa shape index (κ2) is 8.73. The first kappa shape index (κ1) is 17.6. The number of unbranched alkanes of at least 4 members (excludes halogenated alkanes) is 2. The first-order valence-electron chi connectivity index (χ1n) is 7.26. The van der Waals surface area contributed by atoms with Crippen molar-refractivity contribution in [1.29, 1.82) is 0 Å². The van der Waals surface area contributed by atoms with Gasteiger partial charge in [-0.15, -0.1) is 0 Å². The highest BCUT2D eigenvalue weighted by atomic mass is 79.9. The zero-order valence-electron chi connectivity index (χ0n) is 12.6. The van der Waals surface area contributed by atoms with Crippen LogP contribution in [-0.4, -0.2) is 21.8 Å². The minimum atomic E-state index is -0.456. The maximum atomic E-state index is 12.3. The highest BCUT2D eigenvalue weighted by Crippen LogP contribution is 2.23. The molecule has 8 heteroatoms. The molecule has 0 aliphatic carbocycles. The molecule has 23 heavy (non-hydrogen) atoms. The maximum absolute atomic E-state index is 12.3. The fraction of sp³-hybridized carbons (Fsp3) is 0.333. The number of halogens is 1. The Hall–Kier alpha value is -1.80. The van der Waals surface area contributed by atoms with Gasteiger partial charge in [-0.3, -0.25) is 15.1 Å². The molecule has 0 saturated heterocycles. The van der Waals surface area contributed by atoms with Crippen LogP contribution in [0, 0.1) is 0 Å². The van der Waals surface area contributed by atoms with Crippen molar-refractivity contribution < 1.29 is 9.59 Å². The number of rotatable bonds is 7. The first-order valence-corrected chi connectivity index (χ1v) is 8.87. The molecule has 2 aromatic rings. The lowest BCUT2D eigenvalue weighted by Gasteiger charge is -2.09. The van der Waals surface area contributed by atoms with Gasteiger partial charge in [-0.1, -0.05) is 31.1 Å². The van der Waals surface area contributed by atoms with Gasteiger partial charge in [0.15, 0.2) is 10.9 Å². The van der Waals surface area contributed by atoms with Gasteiger partial charge < -0.3 is 5.32 Å². The average molecular weight is 397 g/mol. The molecular weight excluding hydrogens is 380 g/mol. The molecule has 0 radical (unpaired) electrons. The van der Waals surface area contributed by atoms with Crippen LogP contribution in [0.25, 0.3) is 0 Å². The number of urea groups is 1. The van der Waals surface area contributed by atoms with Gasteiger partial charge in [-0.05, 0) is 28.4 Å². The number of nitrogens with zero attached hydrogens (tertiary/aromatic N) is 2. The second-order valence-corrected chi connectivity index (χ2v) is 7.26. The van der Waals surface area contributed by atoms with Crippen LogP contribution in [0.15, 0.2) is 28.4 Å².